The molecule has 1 aromatic rings. The summed E-state index contributed by atoms with van der Waals surface area (Å²) in [6.45, 7) is 4.39. The molecule has 0 amide bonds. The van der Waals surface area contributed by atoms with Gasteiger partial charge in [-0.3, -0.25) is 0 Å². The minimum absolute atomic E-state index is 0.370. The Morgan fingerprint density at radius 3 is 3.13 bits per heavy atom. The highest BCUT2D eigenvalue weighted by molar-refractivity contribution is 4.90. The number of aryl methyl sites for hydroxylation is 1. The van der Waals surface area contributed by atoms with Crippen LogP contribution in [0.3, 0.4) is 0 Å². The lowest BCUT2D eigenvalue weighted by molar-refractivity contribution is 0.0165. The predicted octanol–water partition coefficient (Wildman–Crippen LogP) is 1.64. The minimum atomic E-state index is 0.370. The summed E-state index contributed by atoms with van der Waals surface area (Å²) in [5.41, 5.74) is 0. The number of aromatic nitrogens is 1. The lowest BCUT2D eigenvalue weighted by atomic mass is 10.1. The van der Waals surface area contributed by atoms with Crippen molar-refractivity contribution in [2.24, 2.45) is 0 Å². The van der Waals surface area contributed by atoms with Crippen molar-refractivity contribution in [1.29, 1.82) is 0 Å². The number of ether oxygens (including phenoxy) is 1. The number of hydrogen-bond donors (Lipinski definition) is 1. The Bertz CT molecular complexity index is 293. The zero-order valence-electron chi connectivity index (χ0n) is 9.16. The quantitative estimate of drug-likeness (QED) is 0.820. The minimum Gasteiger partial charge on any atom is -0.445 e. The monoisotopic (exact) mass is 210 g/mol. The molecule has 4 heteroatoms. The number of rotatable bonds is 4. The van der Waals surface area contributed by atoms with Gasteiger partial charge in [-0.25, -0.2) is 4.98 Å². The highest BCUT2D eigenvalue weighted by Gasteiger charge is 2.13. The van der Waals surface area contributed by atoms with E-state index in [-0.39, 0.29) is 0 Å². The van der Waals surface area contributed by atoms with Crippen molar-refractivity contribution in [3.05, 3.63) is 17.8 Å². The zero-order valence-corrected chi connectivity index (χ0v) is 9.16. The molecule has 2 rings (SSSR count). The molecule has 0 aromatic carbocycles. The summed E-state index contributed by atoms with van der Waals surface area (Å²) < 4.78 is 11.0. The van der Waals surface area contributed by atoms with Crippen LogP contribution in [0.4, 0.5) is 0 Å². The number of nitrogens with one attached hydrogen (secondary N) is 1. The standard InChI is InChI=1S/C11H18N2O2/c1-9-6-13-11(15-9)8-12-7-10-4-2-3-5-14-10/h6,10,12H,2-5,7-8H2,1H3. The van der Waals surface area contributed by atoms with E-state index in [4.69, 9.17) is 9.15 Å². The fourth-order valence-corrected chi connectivity index (χ4v) is 1.79. The number of nitrogens with zero attached hydrogens (tertiary/aromatic N) is 1. The van der Waals surface area contributed by atoms with Gasteiger partial charge in [0.1, 0.15) is 5.76 Å². The molecule has 0 spiro atoms. The van der Waals surface area contributed by atoms with E-state index in [0.29, 0.717) is 12.6 Å². The smallest absolute Gasteiger partial charge is 0.208 e. The van der Waals surface area contributed by atoms with E-state index in [1.54, 1.807) is 6.20 Å². The zero-order chi connectivity index (χ0) is 10.5. The Hall–Kier alpha value is -0.870. The molecule has 0 aliphatic carbocycles. The fourth-order valence-electron chi connectivity index (χ4n) is 1.79. The van der Waals surface area contributed by atoms with E-state index >= 15 is 0 Å². The largest absolute Gasteiger partial charge is 0.445 e. The van der Waals surface area contributed by atoms with Crippen LogP contribution in [0.2, 0.25) is 0 Å². The van der Waals surface area contributed by atoms with Gasteiger partial charge in [0.2, 0.25) is 5.89 Å². The van der Waals surface area contributed by atoms with Crippen molar-refractivity contribution in [1.82, 2.24) is 10.3 Å². The summed E-state index contributed by atoms with van der Waals surface area (Å²) in [5.74, 6) is 1.61. The van der Waals surface area contributed by atoms with Gasteiger partial charge in [-0.05, 0) is 26.2 Å². The molecule has 15 heavy (non-hydrogen) atoms. The van der Waals surface area contributed by atoms with Gasteiger partial charge in [-0.2, -0.15) is 0 Å². The van der Waals surface area contributed by atoms with E-state index in [0.717, 1.165) is 31.2 Å². The lowest BCUT2D eigenvalue weighted by Crippen LogP contribution is -2.31. The van der Waals surface area contributed by atoms with Gasteiger partial charge in [0.15, 0.2) is 0 Å². The van der Waals surface area contributed by atoms with Gasteiger partial charge < -0.3 is 14.5 Å². The van der Waals surface area contributed by atoms with E-state index in [9.17, 15) is 0 Å². The van der Waals surface area contributed by atoms with Gasteiger partial charge in [-0.1, -0.05) is 0 Å². The molecule has 1 aliphatic rings. The summed E-state index contributed by atoms with van der Waals surface area (Å²) >= 11 is 0. The third kappa shape index (κ3) is 3.32. The van der Waals surface area contributed by atoms with Crippen LogP contribution in [0.5, 0.6) is 0 Å². The molecule has 1 aliphatic heterocycles. The Balaban J connectivity index is 1.65. The first-order chi connectivity index (χ1) is 7.34. The number of oxazole rings is 1. The predicted molar refractivity (Wildman–Crippen MR) is 56.5 cm³/mol. The van der Waals surface area contributed by atoms with Crippen LogP contribution in [0.25, 0.3) is 0 Å². The molecular weight excluding hydrogens is 192 g/mol. The van der Waals surface area contributed by atoms with E-state index in [2.05, 4.69) is 10.3 Å². The topological polar surface area (TPSA) is 47.3 Å². The van der Waals surface area contributed by atoms with Crippen LogP contribution in [-0.2, 0) is 11.3 Å². The summed E-state index contributed by atoms with van der Waals surface area (Å²) in [4.78, 5) is 4.13. The first kappa shape index (κ1) is 10.6. The van der Waals surface area contributed by atoms with Crippen molar-refractivity contribution in [3.63, 3.8) is 0 Å². The molecule has 1 N–H and O–H groups in total. The maximum Gasteiger partial charge on any atom is 0.208 e. The average Bonchev–Trinajstić information content (AvgIpc) is 2.66. The molecule has 1 fully saturated rings. The molecule has 1 atom stereocenters. The second-order valence-electron chi connectivity index (χ2n) is 3.98. The van der Waals surface area contributed by atoms with Crippen molar-refractivity contribution < 1.29 is 9.15 Å². The maximum atomic E-state index is 5.61. The second-order valence-corrected chi connectivity index (χ2v) is 3.98. The highest BCUT2D eigenvalue weighted by atomic mass is 16.5. The third-order valence-electron chi connectivity index (χ3n) is 2.59. The molecule has 1 saturated heterocycles. The molecule has 84 valence electrons. The molecule has 4 nitrogen and oxygen atoms in total. The van der Waals surface area contributed by atoms with Crippen LogP contribution in [0.15, 0.2) is 10.6 Å². The Morgan fingerprint density at radius 2 is 2.47 bits per heavy atom. The van der Waals surface area contributed by atoms with Gasteiger partial charge in [0, 0.05) is 13.2 Å². The molecule has 0 saturated carbocycles. The Morgan fingerprint density at radius 1 is 1.53 bits per heavy atom. The van der Waals surface area contributed by atoms with Crippen molar-refractivity contribution in [2.45, 2.75) is 38.8 Å². The molecule has 2 heterocycles. The fraction of sp³-hybridized carbons (Fsp3) is 0.727. The van der Waals surface area contributed by atoms with Crippen LogP contribution < -0.4 is 5.32 Å². The lowest BCUT2D eigenvalue weighted by Gasteiger charge is -2.22. The van der Waals surface area contributed by atoms with Crippen LogP contribution in [0.1, 0.15) is 30.9 Å². The van der Waals surface area contributed by atoms with Crippen LogP contribution >= 0.6 is 0 Å². The molecule has 1 aromatic heterocycles. The normalized spacial score (nSPS) is 21.8. The summed E-state index contributed by atoms with van der Waals surface area (Å²) in [5, 5.41) is 3.30. The molecule has 0 bridgehead atoms. The van der Waals surface area contributed by atoms with E-state index in [1.165, 1.54) is 12.8 Å². The van der Waals surface area contributed by atoms with Crippen molar-refractivity contribution in [3.8, 4) is 0 Å². The molecule has 0 radical (unpaired) electrons. The average molecular weight is 210 g/mol. The summed E-state index contributed by atoms with van der Waals surface area (Å²) in [6, 6.07) is 0. The van der Waals surface area contributed by atoms with Gasteiger partial charge in [0.25, 0.3) is 0 Å². The van der Waals surface area contributed by atoms with Gasteiger partial charge >= 0.3 is 0 Å². The summed E-state index contributed by atoms with van der Waals surface area (Å²) in [7, 11) is 0. The first-order valence-corrected chi connectivity index (χ1v) is 5.58. The van der Waals surface area contributed by atoms with Gasteiger partial charge in [-0.15, -0.1) is 0 Å². The number of hydrogen-bond acceptors (Lipinski definition) is 4. The first-order valence-electron chi connectivity index (χ1n) is 5.58. The Kier molecular flexibility index (Phi) is 3.75. The van der Waals surface area contributed by atoms with Crippen molar-refractivity contribution >= 4 is 0 Å². The summed E-state index contributed by atoms with van der Waals surface area (Å²) in [6.07, 6.45) is 5.76. The molecular formula is C11H18N2O2. The van der Waals surface area contributed by atoms with E-state index < -0.39 is 0 Å². The highest BCUT2D eigenvalue weighted by Crippen LogP contribution is 2.11. The van der Waals surface area contributed by atoms with Crippen LogP contribution in [0, 0.1) is 6.92 Å². The van der Waals surface area contributed by atoms with Crippen molar-refractivity contribution in [2.75, 3.05) is 13.2 Å². The Labute approximate surface area is 90.0 Å². The maximum absolute atomic E-state index is 5.61. The van der Waals surface area contributed by atoms with Gasteiger partial charge in [0.05, 0.1) is 18.8 Å². The molecule has 1 unspecified atom stereocenters. The van der Waals surface area contributed by atoms with E-state index in [1.807, 2.05) is 6.92 Å². The SMILES string of the molecule is Cc1cnc(CNCC2CCCCO2)o1. The second kappa shape index (κ2) is 5.28. The third-order valence-corrected chi connectivity index (χ3v) is 2.59. The van der Waals surface area contributed by atoms with Crippen LogP contribution in [-0.4, -0.2) is 24.2 Å².